The molecule has 2 amide bonds. The molecular weight excluding hydrogens is 554 g/mol. The van der Waals surface area contributed by atoms with Crippen molar-refractivity contribution in [2.45, 2.75) is 6.92 Å². The summed E-state index contributed by atoms with van der Waals surface area (Å²) in [5.74, 6) is -0.826. The molecule has 0 aliphatic carbocycles. The van der Waals surface area contributed by atoms with Gasteiger partial charge < -0.3 is 24.3 Å². The number of hydrogen-bond donors (Lipinski definition) is 2. The number of rotatable bonds is 10. The van der Waals surface area contributed by atoms with Gasteiger partial charge in [0.25, 0.3) is 11.8 Å². The summed E-state index contributed by atoms with van der Waals surface area (Å²) in [6.45, 7) is 1.26. The second kappa shape index (κ2) is 14.1. The number of ether oxygens (including phenoxy) is 4. The van der Waals surface area contributed by atoms with Crippen LogP contribution in [-0.2, 0) is 4.79 Å². The Morgan fingerprint density at radius 3 is 2.12 bits per heavy atom. The van der Waals surface area contributed by atoms with E-state index in [-0.39, 0.29) is 28.4 Å². The highest BCUT2D eigenvalue weighted by molar-refractivity contribution is 6.05. The second-order valence-corrected chi connectivity index (χ2v) is 8.85. The molecule has 0 heterocycles. The van der Waals surface area contributed by atoms with Crippen molar-refractivity contribution in [1.82, 2.24) is 5.43 Å². The molecule has 0 radical (unpaired) electrons. The highest BCUT2D eigenvalue weighted by Crippen LogP contribution is 2.28. The summed E-state index contributed by atoms with van der Waals surface area (Å²) in [4.78, 5) is 49.4. The SMILES string of the molecule is COc1ccc(C(=O)Oc2ccccc2C=NNC(=O)c2cccc(NC(=O)c3ccc(OC(C)=O)c(OC)c3)c2)cc1. The van der Waals surface area contributed by atoms with Crippen LogP contribution in [-0.4, -0.2) is 44.2 Å². The van der Waals surface area contributed by atoms with Gasteiger partial charge in [-0.05, 0) is 72.8 Å². The predicted octanol–water partition coefficient (Wildman–Crippen LogP) is 4.86. The van der Waals surface area contributed by atoms with E-state index in [9.17, 15) is 19.2 Å². The van der Waals surface area contributed by atoms with E-state index in [1.807, 2.05) is 0 Å². The fourth-order valence-electron chi connectivity index (χ4n) is 3.78. The quantitative estimate of drug-likeness (QED) is 0.117. The first-order valence-electron chi connectivity index (χ1n) is 12.8. The van der Waals surface area contributed by atoms with Crippen LogP contribution in [0, 0.1) is 0 Å². The topological polar surface area (TPSA) is 142 Å². The molecule has 43 heavy (non-hydrogen) atoms. The predicted molar refractivity (Wildman–Crippen MR) is 158 cm³/mol. The molecule has 4 rings (SSSR count). The molecule has 0 aliphatic rings. The Balaban J connectivity index is 1.39. The molecule has 11 heteroatoms. The molecule has 218 valence electrons. The number of hydrogen-bond acceptors (Lipinski definition) is 9. The van der Waals surface area contributed by atoms with Gasteiger partial charge in [-0.1, -0.05) is 18.2 Å². The van der Waals surface area contributed by atoms with E-state index in [0.29, 0.717) is 22.6 Å². The molecule has 11 nitrogen and oxygen atoms in total. The molecule has 2 N–H and O–H groups in total. The second-order valence-electron chi connectivity index (χ2n) is 8.85. The van der Waals surface area contributed by atoms with Crippen LogP contribution in [0.5, 0.6) is 23.0 Å². The lowest BCUT2D eigenvalue weighted by Crippen LogP contribution is -2.18. The van der Waals surface area contributed by atoms with E-state index in [2.05, 4.69) is 15.8 Å². The molecule has 0 saturated carbocycles. The van der Waals surface area contributed by atoms with E-state index in [4.69, 9.17) is 18.9 Å². The third kappa shape index (κ3) is 8.04. The smallest absolute Gasteiger partial charge is 0.343 e. The number of nitrogens with zero attached hydrogens (tertiary/aromatic N) is 1. The summed E-state index contributed by atoms with van der Waals surface area (Å²) >= 11 is 0. The van der Waals surface area contributed by atoms with Crippen molar-refractivity contribution >= 4 is 35.7 Å². The van der Waals surface area contributed by atoms with Crippen LogP contribution in [0.3, 0.4) is 0 Å². The van der Waals surface area contributed by atoms with Gasteiger partial charge in [-0.2, -0.15) is 5.10 Å². The summed E-state index contributed by atoms with van der Waals surface area (Å²) in [5, 5.41) is 6.71. The van der Waals surface area contributed by atoms with Crippen LogP contribution in [0.1, 0.15) is 43.6 Å². The monoisotopic (exact) mass is 581 g/mol. The molecule has 4 aromatic carbocycles. The van der Waals surface area contributed by atoms with E-state index in [1.54, 1.807) is 66.7 Å². The Morgan fingerprint density at radius 2 is 1.40 bits per heavy atom. The van der Waals surface area contributed by atoms with Crippen LogP contribution in [0.15, 0.2) is 96.1 Å². The van der Waals surface area contributed by atoms with Crippen LogP contribution in [0.2, 0.25) is 0 Å². The molecule has 0 spiro atoms. The molecule has 0 aliphatic heterocycles. The maximum absolute atomic E-state index is 12.8. The third-order valence-electron chi connectivity index (χ3n) is 5.88. The minimum absolute atomic E-state index is 0.184. The zero-order chi connectivity index (χ0) is 30.8. The Morgan fingerprint density at radius 1 is 0.674 bits per heavy atom. The van der Waals surface area contributed by atoms with Crippen LogP contribution >= 0.6 is 0 Å². The summed E-state index contributed by atoms with van der Waals surface area (Å²) in [6, 6.07) is 23.8. The van der Waals surface area contributed by atoms with Crippen molar-refractivity contribution < 1.29 is 38.1 Å². The van der Waals surface area contributed by atoms with Gasteiger partial charge in [0.1, 0.15) is 11.5 Å². The first-order valence-corrected chi connectivity index (χ1v) is 12.8. The van der Waals surface area contributed by atoms with Crippen LogP contribution < -0.4 is 29.7 Å². The number of hydrazone groups is 1. The lowest BCUT2D eigenvalue weighted by Gasteiger charge is -2.11. The maximum Gasteiger partial charge on any atom is 0.343 e. The fraction of sp³-hybridized carbons (Fsp3) is 0.0938. The van der Waals surface area contributed by atoms with Gasteiger partial charge in [-0.15, -0.1) is 0 Å². The van der Waals surface area contributed by atoms with Gasteiger partial charge in [-0.25, -0.2) is 10.2 Å². The van der Waals surface area contributed by atoms with Crippen molar-refractivity contribution in [2.75, 3.05) is 19.5 Å². The Bertz CT molecular complexity index is 1680. The van der Waals surface area contributed by atoms with Crippen molar-refractivity contribution in [2.24, 2.45) is 5.10 Å². The molecule has 0 unspecified atom stereocenters. The number of amides is 2. The standard InChI is InChI=1S/C32H27N3O8/c1-20(36)42-28-16-13-23(18-29(28)41-3)30(37)34-25-9-6-8-22(17-25)31(38)35-33-19-24-7-4-5-10-27(24)43-32(39)21-11-14-26(40-2)15-12-21/h4-19H,1-3H3,(H,34,37)(H,35,38). The zero-order valence-corrected chi connectivity index (χ0v) is 23.5. The van der Waals surface area contributed by atoms with Gasteiger partial charge >= 0.3 is 11.9 Å². The van der Waals surface area contributed by atoms with E-state index in [1.165, 1.54) is 51.6 Å². The zero-order valence-electron chi connectivity index (χ0n) is 23.5. The molecule has 0 atom stereocenters. The summed E-state index contributed by atoms with van der Waals surface area (Å²) in [7, 11) is 2.92. The number of nitrogens with one attached hydrogen (secondary N) is 2. The minimum atomic E-state index is -0.565. The highest BCUT2D eigenvalue weighted by atomic mass is 16.6. The fourth-order valence-corrected chi connectivity index (χ4v) is 3.78. The summed E-state index contributed by atoms with van der Waals surface area (Å²) in [6.07, 6.45) is 1.35. The first kappa shape index (κ1) is 30.0. The number of para-hydroxylation sites is 1. The van der Waals surface area contributed by atoms with Crippen molar-refractivity contribution in [1.29, 1.82) is 0 Å². The van der Waals surface area contributed by atoms with Crippen LogP contribution in [0.25, 0.3) is 0 Å². The minimum Gasteiger partial charge on any atom is -0.497 e. The number of carbonyl (C=O) groups excluding carboxylic acids is 4. The first-order chi connectivity index (χ1) is 20.8. The van der Waals surface area contributed by atoms with Gasteiger partial charge in [0, 0.05) is 29.3 Å². The molecular formula is C32H27N3O8. The highest BCUT2D eigenvalue weighted by Gasteiger charge is 2.14. The van der Waals surface area contributed by atoms with E-state index >= 15 is 0 Å². The maximum atomic E-state index is 12.8. The normalized spacial score (nSPS) is 10.5. The summed E-state index contributed by atoms with van der Waals surface area (Å²) in [5.41, 5.74) is 4.07. The average Bonchev–Trinajstić information content (AvgIpc) is 3.01. The largest absolute Gasteiger partial charge is 0.497 e. The van der Waals surface area contributed by atoms with E-state index in [0.717, 1.165) is 0 Å². The Kier molecular flexibility index (Phi) is 9.83. The van der Waals surface area contributed by atoms with Gasteiger partial charge in [0.15, 0.2) is 11.5 Å². The van der Waals surface area contributed by atoms with Crippen molar-refractivity contribution in [3.63, 3.8) is 0 Å². The number of esters is 2. The van der Waals surface area contributed by atoms with Crippen molar-refractivity contribution in [3.05, 3.63) is 113 Å². The van der Waals surface area contributed by atoms with Gasteiger partial charge in [0.2, 0.25) is 0 Å². The molecule has 0 bridgehead atoms. The lowest BCUT2D eigenvalue weighted by atomic mass is 10.1. The van der Waals surface area contributed by atoms with E-state index < -0.39 is 23.8 Å². The molecule has 4 aromatic rings. The van der Waals surface area contributed by atoms with Gasteiger partial charge in [-0.3, -0.25) is 14.4 Å². The number of methoxy groups -OCH3 is 2. The number of anilines is 1. The summed E-state index contributed by atoms with van der Waals surface area (Å²) < 4.78 is 20.9. The average molecular weight is 582 g/mol. The van der Waals surface area contributed by atoms with Crippen molar-refractivity contribution in [3.8, 4) is 23.0 Å². The number of carbonyl (C=O) groups is 4. The Labute approximate surface area is 247 Å². The van der Waals surface area contributed by atoms with Gasteiger partial charge in [0.05, 0.1) is 26.0 Å². The number of benzene rings is 4. The van der Waals surface area contributed by atoms with Crippen LogP contribution in [0.4, 0.5) is 5.69 Å². The Hall–Kier alpha value is -5.97. The molecule has 0 saturated heterocycles. The third-order valence-corrected chi connectivity index (χ3v) is 5.88. The molecule has 0 fully saturated rings. The lowest BCUT2D eigenvalue weighted by molar-refractivity contribution is -0.132. The molecule has 0 aromatic heterocycles.